The summed E-state index contributed by atoms with van der Waals surface area (Å²) in [7, 11) is 0. The lowest BCUT2D eigenvalue weighted by Gasteiger charge is -2.52. The molecule has 1 heterocycles. The summed E-state index contributed by atoms with van der Waals surface area (Å²) in [4.78, 5) is 6.62. The van der Waals surface area contributed by atoms with Crippen molar-refractivity contribution in [1.29, 1.82) is 0 Å². The van der Waals surface area contributed by atoms with Crippen LogP contribution in [0.3, 0.4) is 0 Å². The molecule has 3 rings (SSSR count). The van der Waals surface area contributed by atoms with Gasteiger partial charge in [0.1, 0.15) is 6.10 Å². The van der Waals surface area contributed by atoms with Gasteiger partial charge in [0.05, 0.1) is 6.61 Å². The van der Waals surface area contributed by atoms with Crippen LogP contribution in [0.4, 0.5) is 0 Å². The van der Waals surface area contributed by atoms with Crippen molar-refractivity contribution >= 4 is 0 Å². The fraction of sp³-hybridized carbons (Fsp3) is 0.714. The van der Waals surface area contributed by atoms with E-state index in [-0.39, 0.29) is 17.2 Å². The van der Waals surface area contributed by atoms with E-state index in [0.29, 0.717) is 6.61 Å². The molecule has 3 nitrogen and oxygen atoms in total. The van der Waals surface area contributed by atoms with E-state index in [0.717, 1.165) is 12.5 Å². The predicted octanol–water partition coefficient (Wildman–Crippen LogP) is 5.13. The van der Waals surface area contributed by atoms with Crippen molar-refractivity contribution in [2.24, 2.45) is 5.92 Å². The van der Waals surface area contributed by atoms with Crippen molar-refractivity contribution in [1.82, 2.24) is 5.06 Å². The second-order valence-corrected chi connectivity index (χ2v) is 8.76. The highest BCUT2D eigenvalue weighted by Crippen LogP contribution is 2.40. The largest absolute Gasteiger partial charge is 0.378 e. The van der Waals surface area contributed by atoms with Crippen molar-refractivity contribution in [3.63, 3.8) is 0 Å². The van der Waals surface area contributed by atoms with E-state index in [4.69, 9.17) is 9.57 Å². The topological polar surface area (TPSA) is 21.7 Å². The molecular weight excluding hydrogens is 298 g/mol. The number of piperidine rings is 1. The second kappa shape index (κ2) is 7.15. The molecule has 1 saturated heterocycles. The first-order valence-corrected chi connectivity index (χ1v) is 9.48. The van der Waals surface area contributed by atoms with E-state index in [1.54, 1.807) is 0 Å². The van der Waals surface area contributed by atoms with E-state index in [1.807, 2.05) is 0 Å². The van der Waals surface area contributed by atoms with E-state index >= 15 is 0 Å². The van der Waals surface area contributed by atoms with Gasteiger partial charge in [-0.05, 0) is 71.3 Å². The standard InChI is InChI=1S/C21H33NO2/c1-20(2)13-8-14-21(3,4)22(20)24-19(16-23-15-17-11-12-17)18-9-6-5-7-10-18/h5-7,9-10,17,19H,8,11-16H2,1-4H3. The van der Waals surface area contributed by atoms with E-state index in [2.05, 4.69) is 63.1 Å². The van der Waals surface area contributed by atoms with Crippen LogP contribution in [0.1, 0.15) is 71.5 Å². The highest BCUT2D eigenvalue weighted by molar-refractivity contribution is 5.17. The molecule has 3 heteroatoms. The summed E-state index contributed by atoms with van der Waals surface area (Å²) >= 11 is 0. The Kier molecular flexibility index (Phi) is 5.33. The molecule has 1 aliphatic carbocycles. The Bertz CT molecular complexity index is 506. The van der Waals surface area contributed by atoms with Gasteiger partial charge in [0.2, 0.25) is 0 Å². The molecule has 0 aromatic heterocycles. The van der Waals surface area contributed by atoms with Gasteiger partial charge in [-0.25, -0.2) is 0 Å². The molecule has 1 saturated carbocycles. The number of hydrogen-bond acceptors (Lipinski definition) is 3. The molecule has 0 bridgehead atoms. The molecule has 0 radical (unpaired) electrons. The Labute approximate surface area is 147 Å². The van der Waals surface area contributed by atoms with Crippen molar-refractivity contribution in [3.05, 3.63) is 35.9 Å². The summed E-state index contributed by atoms with van der Waals surface area (Å²) in [5.41, 5.74) is 1.29. The van der Waals surface area contributed by atoms with Gasteiger partial charge in [-0.3, -0.25) is 4.84 Å². The average Bonchev–Trinajstić information content (AvgIpc) is 3.33. The first-order valence-electron chi connectivity index (χ1n) is 9.48. The Morgan fingerprint density at radius 2 is 1.67 bits per heavy atom. The van der Waals surface area contributed by atoms with Crippen LogP contribution in [0.25, 0.3) is 0 Å². The minimum Gasteiger partial charge on any atom is -0.378 e. The number of benzene rings is 1. The van der Waals surface area contributed by atoms with E-state index in [1.165, 1.54) is 37.7 Å². The zero-order valence-electron chi connectivity index (χ0n) is 15.8. The van der Waals surface area contributed by atoms with Crippen molar-refractivity contribution < 1.29 is 9.57 Å². The molecular formula is C21H33NO2. The number of hydroxylamine groups is 2. The van der Waals surface area contributed by atoms with Gasteiger partial charge in [0.25, 0.3) is 0 Å². The van der Waals surface area contributed by atoms with E-state index in [9.17, 15) is 0 Å². The minimum absolute atomic E-state index is 0.0402. The maximum Gasteiger partial charge on any atom is 0.128 e. The predicted molar refractivity (Wildman–Crippen MR) is 97.7 cm³/mol. The molecule has 1 aromatic carbocycles. The van der Waals surface area contributed by atoms with Gasteiger partial charge in [0.15, 0.2) is 0 Å². The summed E-state index contributed by atoms with van der Waals surface area (Å²) in [6.45, 7) is 10.7. The van der Waals surface area contributed by atoms with Gasteiger partial charge < -0.3 is 4.74 Å². The second-order valence-electron chi connectivity index (χ2n) is 8.76. The maximum absolute atomic E-state index is 6.62. The van der Waals surface area contributed by atoms with Crippen LogP contribution in [-0.2, 0) is 9.57 Å². The monoisotopic (exact) mass is 331 g/mol. The van der Waals surface area contributed by atoms with E-state index < -0.39 is 0 Å². The third-order valence-electron chi connectivity index (χ3n) is 5.40. The molecule has 0 N–H and O–H groups in total. The summed E-state index contributed by atoms with van der Waals surface area (Å²) in [5.74, 6) is 0.782. The third kappa shape index (κ3) is 4.38. The Morgan fingerprint density at radius 3 is 2.25 bits per heavy atom. The SMILES string of the molecule is CC1(C)CCCC(C)(C)N1OC(COCC1CC1)c1ccccc1. The molecule has 1 unspecified atom stereocenters. The average molecular weight is 332 g/mol. The first kappa shape index (κ1) is 17.9. The summed E-state index contributed by atoms with van der Waals surface area (Å²) < 4.78 is 6.00. The molecule has 1 atom stereocenters. The van der Waals surface area contributed by atoms with Crippen LogP contribution >= 0.6 is 0 Å². The Balaban J connectivity index is 1.73. The van der Waals surface area contributed by atoms with Crippen molar-refractivity contribution in [3.8, 4) is 0 Å². The molecule has 0 spiro atoms. The van der Waals surface area contributed by atoms with Crippen molar-refractivity contribution in [2.45, 2.75) is 77.0 Å². The molecule has 2 fully saturated rings. The first-order chi connectivity index (χ1) is 11.4. The zero-order chi connectivity index (χ0) is 17.2. The van der Waals surface area contributed by atoms with Crippen LogP contribution in [0.5, 0.6) is 0 Å². The highest BCUT2D eigenvalue weighted by atomic mass is 16.7. The van der Waals surface area contributed by atoms with Crippen molar-refractivity contribution in [2.75, 3.05) is 13.2 Å². The van der Waals surface area contributed by atoms with Gasteiger partial charge in [0, 0.05) is 17.7 Å². The fourth-order valence-corrected chi connectivity index (χ4v) is 3.87. The Morgan fingerprint density at radius 1 is 1.04 bits per heavy atom. The summed E-state index contributed by atoms with van der Waals surface area (Å²) in [6, 6.07) is 10.5. The molecule has 2 aliphatic rings. The molecule has 1 aromatic rings. The van der Waals surface area contributed by atoms with Gasteiger partial charge >= 0.3 is 0 Å². The quantitative estimate of drug-likeness (QED) is 0.691. The van der Waals surface area contributed by atoms with Crippen LogP contribution in [0.15, 0.2) is 30.3 Å². The number of hydrogen-bond donors (Lipinski definition) is 0. The van der Waals surface area contributed by atoms with Crippen LogP contribution in [0, 0.1) is 5.92 Å². The van der Waals surface area contributed by atoms with Crippen LogP contribution in [-0.4, -0.2) is 29.4 Å². The molecule has 0 amide bonds. The molecule has 134 valence electrons. The number of rotatable bonds is 7. The van der Waals surface area contributed by atoms with Crippen LogP contribution < -0.4 is 0 Å². The highest BCUT2D eigenvalue weighted by Gasteiger charge is 2.43. The summed E-state index contributed by atoms with van der Waals surface area (Å²) in [6.07, 6.45) is 6.20. The maximum atomic E-state index is 6.62. The lowest BCUT2D eigenvalue weighted by molar-refractivity contribution is -0.313. The lowest BCUT2D eigenvalue weighted by Crippen LogP contribution is -2.58. The van der Waals surface area contributed by atoms with Crippen LogP contribution in [0.2, 0.25) is 0 Å². The smallest absolute Gasteiger partial charge is 0.128 e. The third-order valence-corrected chi connectivity index (χ3v) is 5.40. The lowest BCUT2D eigenvalue weighted by atomic mass is 9.82. The Hall–Kier alpha value is -0.900. The normalized spacial score (nSPS) is 24.7. The fourth-order valence-electron chi connectivity index (χ4n) is 3.87. The van der Waals surface area contributed by atoms with Gasteiger partial charge in [-0.1, -0.05) is 30.3 Å². The van der Waals surface area contributed by atoms with Gasteiger partial charge in [-0.15, -0.1) is 0 Å². The zero-order valence-corrected chi connectivity index (χ0v) is 15.8. The number of nitrogens with zero attached hydrogens (tertiary/aromatic N) is 1. The molecule has 24 heavy (non-hydrogen) atoms. The number of ether oxygens (including phenoxy) is 1. The molecule has 1 aliphatic heterocycles. The minimum atomic E-state index is -0.0402. The summed E-state index contributed by atoms with van der Waals surface area (Å²) in [5, 5.41) is 2.25. The van der Waals surface area contributed by atoms with Gasteiger partial charge in [-0.2, -0.15) is 5.06 Å².